The number of esters is 2. The molecule has 0 radical (unpaired) electrons. The molecule has 0 aromatic carbocycles. The van der Waals surface area contributed by atoms with Gasteiger partial charge in [-0.15, -0.1) is 0 Å². The Morgan fingerprint density at radius 2 is 1.96 bits per heavy atom. The first-order valence-corrected chi connectivity index (χ1v) is 10.2. The van der Waals surface area contributed by atoms with Gasteiger partial charge in [-0.25, -0.2) is 0 Å². The van der Waals surface area contributed by atoms with Gasteiger partial charge >= 0.3 is 11.9 Å². The third kappa shape index (κ3) is 4.47. The molecule has 27 heavy (non-hydrogen) atoms. The number of carbonyl (C=O) groups excluding carboxylic acids is 2. The molecule has 0 aromatic rings. The van der Waals surface area contributed by atoms with E-state index in [9.17, 15) is 9.59 Å². The highest BCUT2D eigenvalue weighted by molar-refractivity contribution is 5.77. The van der Waals surface area contributed by atoms with Gasteiger partial charge in [0.15, 0.2) is 0 Å². The van der Waals surface area contributed by atoms with Crippen molar-refractivity contribution >= 4 is 11.9 Å². The first-order chi connectivity index (χ1) is 12.6. The monoisotopic (exact) mass is 376 g/mol. The quantitative estimate of drug-likeness (QED) is 0.470. The summed E-state index contributed by atoms with van der Waals surface area (Å²) in [5, 5.41) is 0. The SMILES string of the molecule is C=C1CCC2C(C)(C(=O)OC)CCCC2(C)C1CCC(C)=CCOC(C)=O. The topological polar surface area (TPSA) is 52.6 Å². The zero-order chi connectivity index (χ0) is 20.2. The van der Waals surface area contributed by atoms with E-state index in [2.05, 4.69) is 27.4 Å². The molecule has 0 aromatic heterocycles. The number of fused-ring (bicyclic) bond motifs is 1. The van der Waals surface area contributed by atoms with Crippen molar-refractivity contribution in [3.8, 4) is 0 Å². The smallest absolute Gasteiger partial charge is 0.311 e. The van der Waals surface area contributed by atoms with E-state index in [1.807, 2.05) is 6.08 Å². The molecule has 0 heterocycles. The van der Waals surface area contributed by atoms with Crippen molar-refractivity contribution in [3.63, 3.8) is 0 Å². The fourth-order valence-corrected chi connectivity index (χ4v) is 5.74. The van der Waals surface area contributed by atoms with Crippen LogP contribution in [0.5, 0.6) is 0 Å². The van der Waals surface area contributed by atoms with Crippen LogP contribution >= 0.6 is 0 Å². The maximum Gasteiger partial charge on any atom is 0.311 e. The Hall–Kier alpha value is -1.58. The number of hydrogen-bond acceptors (Lipinski definition) is 4. The fourth-order valence-electron chi connectivity index (χ4n) is 5.74. The van der Waals surface area contributed by atoms with E-state index in [4.69, 9.17) is 9.47 Å². The second-order valence-electron chi connectivity index (χ2n) is 8.96. The second-order valence-corrected chi connectivity index (χ2v) is 8.96. The first-order valence-electron chi connectivity index (χ1n) is 10.2. The van der Waals surface area contributed by atoms with Gasteiger partial charge in [0.1, 0.15) is 6.61 Å². The highest BCUT2D eigenvalue weighted by Gasteiger charge is 2.57. The van der Waals surface area contributed by atoms with Gasteiger partial charge in [-0.1, -0.05) is 31.1 Å². The highest BCUT2D eigenvalue weighted by atomic mass is 16.5. The van der Waals surface area contributed by atoms with Crippen molar-refractivity contribution in [3.05, 3.63) is 23.8 Å². The molecule has 4 heteroatoms. The standard InChI is InChI=1S/C23H36O4/c1-16(12-15-27-18(3)24)8-10-19-17(2)9-11-20-22(19,4)13-7-14-23(20,5)21(25)26-6/h12,19-20H,2,7-11,13-15H2,1,3-6H3. The van der Waals surface area contributed by atoms with E-state index in [1.54, 1.807) is 0 Å². The van der Waals surface area contributed by atoms with Crippen LogP contribution in [-0.2, 0) is 19.1 Å². The summed E-state index contributed by atoms with van der Waals surface area (Å²) in [6.07, 6.45) is 9.13. The first kappa shape index (κ1) is 21.7. The molecule has 0 saturated heterocycles. The van der Waals surface area contributed by atoms with Crippen LogP contribution < -0.4 is 0 Å². The lowest BCUT2D eigenvalue weighted by Gasteiger charge is -2.57. The molecule has 2 rings (SSSR count). The molecule has 2 aliphatic rings. The Bertz CT molecular complexity index is 620. The van der Waals surface area contributed by atoms with Crippen LogP contribution in [0, 0.1) is 22.7 Å². The van der Waals surface area contributed by atoms with Crippen LogP contribution in [0.2, 0.25) is 0 Å². The maximum atomic E-state index is 12.6. The van der Waals surface area contributed by atoms with Gasteiger partial charge in [0.2, 0.25) is 0 Å². The molecule has 0 spiro atoms. The van der Waals surface area contributed by atoms with Gasteiger partial charge in [-0.2, -0.15) is 0 Å². The number of methoxy groups -OCH3 is 1. The summed E-state index contributed by atoms with van der Waals surface area (Å²) in [6.45, 7) is 12.7. The summed E-state index contributed by atoms with van der Waals surface area (Å²) >= 11 is 0. The second kappa shape index (κ2) is 8.62. The molecule has 4 nitrogen and oxygen atoms in total. The predicted octanol–water partition coefficient (Wildman–Crippen LogP) is 5.23. The van der Waals surface area contributed by atoms with E-state index in [1.165, 1.54) is 25.2 Å². The molecule has 2 fully saturated rings. The molecule has 2 saturated carbocycles. The van der Waals surface area contributed by atoms with Gasteiger partial charge < -0.3 is 9.47 Å². The molecule has 152 valence electrons. The molecule has 0 aliphatic heterocycles. The van der Waals surface area contributed by atoms with Crippen molar-refractivity contribution < 1.29 is 19.1 Å². The lowest BCUT2D eigenvalue weighted by atomic mass is 9.46. The minimum atomic E-state index is -0.388. The Kier molecular flexibility index (Phi) is 6.93. The van der Waals surface area contributed by atoms with E-state index in [0.29, 0.717) is 18.4 Å². The third-order valence-electron chi connectivity index (χ3n) is 7.22. The Labute approximate surface area is 164 Å². The fraction of sp³-hybridized carbons (Fsp3) is 0.739. The summed E-state index contributed by atoms with van der Waals surface area (Å²) in [4.78, 5) is 23.5. The number of hydrogen-bond donors (Lipinski definition) is 0. The van der Waals surface area contributed by atoms with Crippen LogP contribution in [0.25, 0.3) is 0 Å². The minimum absolute atomic E-state index is 0.0536. The Morgan fingerprint density at radius 1 is 1.26 bits per heavy atom. The van der Waals surface area contributed by atoms with Crippen LogP contribution in [0.3, 0.4) is 0 Å². The van der Waals surface area contributed by atoms with Crippen molar-refractivity contribution in [1.29, 1.82) is 0 Å². The third-order valence-corrected chi connectivity index (χ3v) is 7.22. The molecule has 2 aliphatic carbocycles. The van der Waals surface area contributed by atoms with Crippen molar-refractivity contribution in [2.24, 2.45) is 22.7 Å². The Balaban J connectivity index is 2.15. The van der Waals surface area contributed by atoms with Crippen LogP contribution in [-0.4, -0.2) is 25.7 Å². The van der Waals surface area contributed by atoms with E-state index in [-0.39, 0.29) is 22.8 Å². The number of ether oxygens (including phenoxy) is 2. The summed E-state index contributed by atoms with van der Waals surface area (Å²) in [6, 6.07) is 0. The molecule has 4 unspecified atom stereocenters. The molecular weight excluding hydrogens is 340 g/mol. The van der Waals surface area contributed by atoms with Gasteiger partial charge in [-0.05, 0) is 75.7 Å². The summed E-state index contributed by atoms with van der Waals surface area (Å²) in [7, 11) is 1.51. The van der Waals surface area contributed by atoms with Gasteiger partial charge in [0.05, 0.1) is 12.5 Å². The molecule has 0 N–H and O–H groups in total. The van der Waals surface area contributed by atoms with E-state index < -0.39 is 0 Å². The maximum absolute atomic E-state index is 12.6. The van der Waals surface area contributed by atoms with Crippen molar-refractivity contribution in [2.75, 3.05) is 13.7 Å². The number of rotatable bonds is 6. The zero-order valence-corrected chi connectivity index (χ0v) is 17.7. The molecule has 4 atom stereocenters. The number of carbonyl (C=O) groups is 2. The van der Waals surface area contributed by atoms with Gasteiger partial charge in [0.25, 0.3) is 0 Å². The molecular formula is C23H36O4. The predicted molar refractivity (Wildman–Crippen MR) is 107 cm³/mol. The highest BCUT2D eigenvalue weighted by Crippen LogP contribution is 2.62. The summed E-state index contributed by atoms with van der Waals surface area (Å²) in [5.41, 5.74) is 2.27. The Morgan fingerprint density at radius 3 is 2.59 bits per heavy atom. The zero-order valence-electron chi connectivity index (χ0n) is 17.7. The van der Waals surface area contributed by atoms with Crippen LogP contribution in [0.15, 0.2) is 23.8 Å². The van der Waals surface area contributed by atoms with E-state index in [0.717, 1.165) is 44.9 Å². The average molecular weight is 377 g/mol. The lowest BCUT2D eigenvalue weighted by Crippen LogP contribution is -2.53. The minimum Gasteiger partial charge on any atom is -0.469 e. The van der Waals surface area contributed by atoms with Crippen molar-refractivity contribution in [1.82, 2.24) is 0 Å². The summed E-state index contributed by atoms with van der Waals surface area (Å²) < 4.78 is 10.2. The van der Waals surface area contributed by atoms with E-state index >= 15 is 0 Å². The van der Waals surface area contributed by atoms with Crippen LogP contribution in [0.4, 0.5) is 0 Å². The van der Waals surface area contributed by atoms with Crippen molar-refractivity contribution in [2.45, 2.75) is 72.6 Å². The van der Waals surface area contributed by atoms with Gasteiger partial charge in [-0.3, -0.25) is 9.59 Å². The van der Waals surface area contributed by atoms with Gasteiger partial charge in [0, 0.05) is 6.92 Å². The largest absolute Gasteiger partial charge is 0.469 e. The average Bonchev–Trinajstić information content (AvgIpc) is 2.59. The van der Waals surface area contributed by atoms with Crippen LogP contribution in [0.1, 0.15) is 72.6 Å². The summed E-state index contributed by atoms with van der Waals surface area (Å²) in [5.74, 6) is 0.450. The molecule has 0 bridgehead atoms. The lowest BCUT2D eigenvalue weighted by molar-refractivity contribution is -0.168. The number of allylic oxidation sites excluding steroid dienone is 2. The normalized spacial score (nSPS) is 34.0. The molecule has 0 amide bonds.